The highest BCUT2D eigenvalue weighted by Gasteiger charge is 2.17. The van der Waals surface area contributed by atoms with Gasteiger partial charge in [0.1, 0.15) is 0 Å². The van der Waals surface area contributed by atoms with Gasteiger partial charge in [-0.1, -0.05) is 49.9 Å². The Bertz CT molecular complexity index is 524. The molecule has 1 saturated carbocycles. The van der Waals surface area contributed by atoms with Crippen LogP contribution in [0.2, 0.25) is 5.02 Å². The van der Waals surface area contributed by atoms with E-state index in [4.69, 9.17) is 11.6 Å². The van der Waals surface area contributed by atoms with Crippen molar-refractivity contribution < 1.29 is 9.59 Å². The van der Waals surface area contributed by atoms with Crippen molar-refractivity contribution >= 4 is 23.4 Å². The molecule has 0 spiro atoms. The zero-order chi connectivity index (χ0) is 16.7. The highest BCUT2D eigenvalue weighted by molar-refractivity contribution is 6.30. The second kappa shape index (κ2) is 8.92. The van der Waals surface area contributed by atoms with Crippen molar-refractivity contribution in [1.29, 1.82) is 0 Å². The van der Waals surface area contributed by atoms with Gasteiger partial charge >= 0.3 is 0 Å². The van der Waals surface area contributed by atoms with Crippen LogP contribution in [0.3, 0.4) is 0 Å². The van der Waals surface area contributed by atoms with Gasteiger partial charge in [-0.05, 0) is 37.0 Å². The highest BCUT2D eigenvalue weighted by Crippen LogP contribution is 2.17. The van der Waals surface area contributed by atoms with Crippen LogP contribution >= 0.6 is 11.6 Å². The molecule has 0 heterocycles. The molecular weight excluding hydrogens is 312 g/mol. The molecule has 1 aliphatic carbocycles. The van der Waals surface area contributed by atoms with Crippen LogP contribution in [0.5, 0.6) is 0 Å². The minimum absolute atomic E-state index is 0.0558. The van der Waals surface area contributed by atoms with Crippen molar-refractivity contribution in [2.45, 2.75) is 51.5 Å². The third kappa shape index (κ3) is 6.22. The summed E-state index contributed by atoms with van der Waals surface area (Å²) in [7, 11) is 0. The molecule has 23 heavy (non-hydrogen) atoms. The molecule has 0 aromatic heterocycles. The molecule has 5 heteroatoms. The Kier molecular flexibility index (Phi) is 6.90. The van der Waals surface area contributed by atoms with E-state index in [-0.39, 0.29) is 30.3 Å². The van der Waals surface area contributed by atoms with E-state index in [1.54, 1.807) is 0 Å². The van der Waals surface area contributed by atoms with Crippen molar-refractivity contribution in [3.8, 4) is 0 Å². The van der Waals surface area contributed by atoms with Crippen LogP contribution in [0.15, 0.2) is 24.3 Å². The zero-order valence-electron chi connectivity index (χ0n) is 13.6. The Balaban J connectivity index is 1.70. The van der Waals surface area contributed by atoms with Crippen LogP contribution in [-0.2, 0) is 16.0 Å². The lowest BCUT2D eigenvalue weighted by molar-refractivity contribution is -0.128. The van der Waals surface area contributed by atoms with Crippen molar-refractivity contribution in [1.82, 2.24) is 10.6 Å². The summed E-state index contributed by atoms with van der Waals surface area (Å²) in [5, 5.41) is 6.41. The molecule has 1 atom stereocenters. The first-order valence-corrected chi connectivity index (χ1v) is 8.74. The van der Waals surface area contributed by atoms with Crippen LogP contribution < -0.4 is 10.6 Å². The first kappa shape index (κ1) is 17.8. The number of rotatable bonds is 6. The Hall–Kier alpha value is -1.55. The molecular formula is C18H25ClN2O2. The molecule has 0 radical (unpaired) electrons. The van der Waals surface area contributed by atoms with Gasteiger partial charge in [0.2, 0.25) is 11.8 Å². The Morgan fingerprint density at radius 2 is 1.83 bits per heavy atom. The molecule has 0 bridgehead atoms. The standard InChI is InChI=1S/C18H25ClN2O2/c1-13(11-14-7-9-15(19)10-8-14)18(23)20-12-17(22)21-16-5-3-2-4-6-16/h7-10,13,16H,2-6,11-12H2,1H3,(H,20,23)(H,21,22). The predicted molar refractivity (Wildman–Crippen MR) is 92.3 cm³/mol. The lowest BCUT2D eigenvalue weighted by atomic mass is 9.95. The van der Waals surface area contributed by atoms with Gasteiger partial charge in [-0.15, -0.1) is 0 Å². The van der Waals surface area contributed by atoms with Crippen molar-refractivity contribution in [3.63, 3.8) is 0 Å². The maximum Gasteiger partial charge on any atom is 0.239 e. The van der Waals surface area contributed by atoms with Crippen LogP contribution in [0.25, 0.3) is 0 Å². The topological polar surface area (TPSA) is 58.2 Å². The number of halogens is 1. The molecule has 1 aromatic rings. The van der Waals surface area contributed by atoms with E-state index in [2.05, 4.69) is 10.6 Å². The minimum atomic E-state index is -0.182. The Labute approximate surface area is 143 Å². The summed E-state index contributed by atoms with van der Waals surface area (Å²) in [6.45, 7) is 1.92. The van der Waals surface area contributed by atoms with Crippen LogP contribution in [-0.4, -0.2) is 24.4 Å². The third-order valence-electron chi connectivity index (χ3n) is 4.30. The lowest BCUT2D eigenvalue weighted by Gasteiger charge is -2.23. The van der Waals surface area contributed by atoms with Gasteiger partial charge in [-0.25, -0.2) is 0 Å². The third-order valence-corrected chi connectivity index (χ3v) is 4.55. The molecule has 2 N–H and O–H groups in total. The van der Waals surface area contributed by atoms with Gasteiger partial charge in [0.05, 0.1) is 6.54 Å². The quantitative estimate of drug-likeness (QED) is 0.838. The van der Waals surface area contributed by atoms with Crippen molar-refractivity contribution in [2.24, 2.45) is 5.92 Å². The van der Waals surface area contributed by atoms with Gasteiger partial charge in [0, 0.05) is 17.0 Å². The van der Waals surface area contributed by atoms with Crippen molar-refractivity contribution in [3.05, 3.63) is 34.9 Å². The summed E-state index contributed by atoms with van der Waals surface area (Å²) in [5.41, 5.74) is 1.06. The highest BCUT2D eigenvalue weighted by atomic mass is 35.5. The summed E-state index contributed by atoms with van der Waals surface area (Å²) in [4.78, 5) is 24.0. The summed E-state index contributed by atoms with van der Waals surface area (Å²) in [6.07, 6.45) is 6.34. The second-order valence-electron chi connectivity index (χ2n) is 6.35. The van der Waals surface area contributed by atoms with E-state index < -0.39 is 0 Å². The number of hydrogen-bond acceptors (Lipinski definition) is 2. The van der Waals surface area contributed by atoms with E-state index in [1.807, 2.05) is 31.2 Å². The number of benzene rings is 1. The molecule has 2 amide bonds. The smallest absolute Gasteiger partial charge is 0.239 e. The summed E-state index contributed by atoms with van der Waals surface area (Å²) in [5.74, 6) is -0.374. The molecule has 0 saturated heterocycles. The van der Waals surface area contributed by atoms with Crippen LogP contribution in [0.1, 0.15) is 44.6 Å². The predicted octanol–water partition coefficient (Wildman–Crippen LogP) is 3.08. The maximum absolute atomic E-state index is 12.1. The number of nitrogens with one attached hydrogen (secondary N) is 2. The van der Waals surface area contributed by atoms with E-state index in [1.165, 1.54) is 19.3 Å². The Morgan fingerprint density at radius 1 is 1.17 bits per heavy atom. The molecule has 1 fully saturated rings. The van der Waals surface area contributed by atoms with Gasteiger partial charge in [0.25, 0.3) is 0 Å². The second-order valence-corrected chi connectivity index (χ2v) is 6.79. The summed E-state index contributed by atoms with van der Waals surface area (Å²) >= 11 is 5.85. The lowest BCUT2D eigenvalue weighted by Crippen LogP contribution is -2.43. The fourth-order valence-electron chi connectivity index (χ4n) is 2.93. The van der Waals surface area contributed by atoms with Crippen molar-refractivity contribution in [2.75, 3.05) is 6.54 Å². The Morgan fingerprint density at radius 3 is 2.48 bits per heavy atom. The van der Waals surface area contributed by atoms with Gasteiger partial charge in [-0.2, -0.15) is 0 Å². The summed E-state index contributed by atoms with van der Waals surface area (Å²) in [6, 6.07) is 7.75. The monoisotopic (exact) mass is 336 g/mol. The average molecular weight is 337 g/mol. The SMILES string of the molecule is CC(Cc1ccc(Cl)cc1)C(=O)NCC(=O)NC1CCCCC1. The van der Waals surface area contributed by atoms with Gasteiger partial charge in [-0.3, -0.25) is 9.59 Å². The van der Waals surface area contributed by atoms with E-state index in [9.17, 15) is 9.59 Å². The molecule has 4 nitrogen and oxygen atoms in total. The molecule has 1 aliphatic rings. The van der Waals surface area contributed by atoms with Crippen LogP contribution in [0, 0.1) is 5.92 Å². The number of carbonyl (C=O) groups excluding carboxylic acids is 2. The molecule has 2 rings (SSSR count). The first-order chi connectivity index (χ1) is 11.0. The van der Waals surface area contributed by atoms with E-state index >= 15 is 0 Å². The average Bonchev–Trinajstić information content (AvgIpc) is 2.55. The largest absolute Gasteiger partial charge is 0.352 e. The summed E-state index contributed by atoms with van der Waals surface area (Å²) < 4.78 is 0. The maximum atomic E-state index is 12.1. The zero-order valence-corrected chi connectivity index (χ0v) is 14.4. The fourth-order valence-corrected chi connectivity index (χ4v) is 3.06. The minimum Gasteiger partial charge on any atom is -0.352 e. The number of hydrogen-bond donors (Lipinski definition) is 2. The van der Waals surface area contributed by atoms with Gasteiger partial charge < -0.3 is 10.6 Å². The molecule has 126 valence electrons. The first-order valence-electron chi connectivity index (χ1n) is 8.36. The number of amides is 2. The fraction of sp³-hybridized carbons (Fsp3) is 0.556. The molecule has 1 unspecified atom stereocenters. The van der Waals surface area contributed by atoms with Gasteiger partial charge in [0.15, 0.2) is 0 Å². The van der Waals surface area contributed by atoms with Crippen LogP contribution in [0.4, 0.5) is 0 Å². The number of carbonyl (C=O) groups is 2. The van der Waals surface area contributed by atoms with E-state index in [0.717, 1.165) is 18.4 Å². The molecule has 1 aromatic carbocycles. The van der Waals surface area contributed by atoms with E-state index in [0.29, 0.717) is 11.4 Å². The normalized spacial score (nSPS) is 16.6. The molecule has 0 aliphatic heterocycles.